The van der Waals surface area contributed by atoms with Gasteiger partial charge in [0.2, 0.25) is 0 Å². The van der Waals surface area contributed by atoms with E-state index in [9.17, 15) is 0 Å². The smallest absolute Gasteiger partial charge is 0.157 e. The summed E-state index contributed by atoms with van der Waals surface area (Å²) >= 11 is 8.20. The van der Waals surface area contributed by atoms with Crippen LogP contribution in [-0.2, 0) is 7.05 Å². The van der Waals surface area contributed by atoms with Crippen LogP contribution in [0.25, 0.3) is 9.53 Å². The number of hydrogen-bond acceptors (Lipinski definition) is 4. The first-order chi connectivity index (χ1) is 4.75. The van der Waals surface area contributed by atoms with E-state index in [1.165, 1.54) is 4.70 Å². The molecule has 0 amide bonds. The number of fused-ring (bicyclic) bond motifs is 1. The number of hydrogen-bond donors (Lipinski definition) is 0. The Morgan fingerprint density at radius 1 is 1.60 bits per heavy atom. The molecule has 10 heavy (non-hydrogen) atoms. The molecular weight excluding hydrogens is 184 g/mol. The quantitative estimate of drug-likeness (QED) is 0.591. The van der Waals surface area contributed by atoms with E-state index in [1.807, 2.05) is 17.9 Å². The van der Waals surface area contributed by atoms with Gasteiger partial charge in [-0.05, 0) is 0 Å². The van der Waals surface area contributed by atoms with E-state index in [2.05, 4.69) is 5.10 Å². The highest BCUT2D eigenvalue weighted by atomic mass is 32.2. The highest BCUT2D eigenvalue weighted by Gasteiger charge is 1.99. The van der Waals surface area contributed by atoms with Crippen LogP contribution in [0.15, 0.2) is 6.20 Å². The van der Waals surface area contributed by atoms with Gasteiger partial charge in [-0.3, -0.25) is 4.68 Å². The van der Waals surface area contributed by atoms with Crippen molar-refractivity contribution in [1.29, 1.82) is 0 Å². The van der Waals surface area contributed by atoms with Gasteiger partial charge < -0.3 is 0 Å². The predicted octanol–water partition coefficient (Wildman–Crippen LogP) is 2.43. The Labute approximate surface area is 70.7 Å². The molecule has 0 N–H and O–H groups in total. The van der Waals surface area contributed by atoms with Crippen molar-refractivity contribution in [2.45, 2.75) is 0 Å². The molecular formula is C5H4N2S3. The van der Waals surface area contributed by atoms with Crippen molar-refractivity contribution in [3.05, 3.63) is 9.33 Å². The molecule has 52 valence electrons. The summed E-state index contributed by atoms with van der Waals surface area (Å²) in [6, 6.07) is 0. The van der Waals surface area contributed by atoms with Crippen molar-refractivity contribution >= 4 is 44.4 Å². The molecule has 0 aliphatic rings. The van der Waals surface area contributed by atoms with Crippen molar-refractivity contribution in [3.63, 3.8) is 0 Å². The lowest BCUT2D eigenvalue weighted by Crippen LogP contribution is -1.84. The van der Waals surface area contributed by atoms with Gasteiger partial charge in [0.1, 0.15) is 3.14 Å². The maximum Gasteiger partial charge on any atom is 0.157 e. The highest BCUT2D eigenvalue weighted by molar-refractivity contribution is 7.77. The van der Waals surface area contributed by atoms with Gasteiger partial charge in [-0.2, -0.15) is 5.10 Å². The van der Waals surface area contributed by atoms with Crippen molar-refractivity contribution in [3.8, 4) is 0 Å². The molecule has 0 unspecified atom stereocenters. The molecule has 2 nitrogen and oxygen atoms in total. The second-order valence-corrected chi connectivity index (χ2v) is 5.16. The zero-order valence-electron chi connectivity index (χ0n) is 5.20. The molecule has 2 aromatic heterocycles. The summed E-state index contributed by atoms with van der Waals surface area (Å²) in [7, 11) is 1.92. The van der Waals surface area contributed by atoms with Gasteiger partial charge in [-0.25, -0.2) is 0 Å². The predicted molar refractivity (Wildman–Crippen MR) is 47.3 cm³/mol. The first kappa shape index (κ1) is 6.45. The van der Waals surface area contributed by atoms with Crippen molar-refractivity contribution < 1.29 is 0 Å². The Hall–Kier alpha value is -0.260. The van der Waals surface area contributed by atoms with Crippen LogP contribution in [-0.4, -0.2) is 9.78 Å². The summed E-state index contributed by atoms with van der Waals surface area (Å²) in [6.45, 7) is 0. The zero-order valence-corrected chi connectivity index (χ0v) is 7.65. The minimum Gasteiger partial charge on any atom is -0.273 e. The second-order valence-electron chi connectivity index (χ2n) is 1.93. The lowest BCUT2D eigenvalue weighted by atomic mass is 10.7. The molecule has 0 saturated heterocycles. The molecule has 0 spiro atoms. The summed E-state index contributed by atoms with van der Waals surface area (Å²) in [4.78, 5) is 1.05. The average molecular weight is 188 g/mol. The Kier molecular flexibility index (Phi) is 1.36. The van der Waals surface area contributed by atoms with Crippen LogP contribution in [0.5, 0.6) is 0 Å². The molecule has 2 rings (SSSR count). The van der Waals surface area contributed by atoms with E-state index in [0.717, 1.165) is 7.97 Å². The van der Waals surface area contributed by atoms with Gasteiger partial charge in [-0.15, -0.1) is 11.3 Å². The maximum absolute atomic E-state index is 5.00. The van der Waals surface area contributed by atoms with Crippen LogP contribution in [0.3, 0.4) is 0 Å². The normalized spacial score (nSPS) is 10.9. The monoisotopic (exact) mass is 188 g/mol. The zero-order chi connectivity index (χ0) is 7.14. The minimum atomic E-state index is 0.957. The summed E-state index contributed by atoms with van der Waals surface area (Å²) in [5, 5.41) is 4.21. The van der Waals surface area contributed by atoms with Gasteiger partial charge >= 0.3 is 0 Å². The van der Waals surface area contributed by atoms with Crippen LogP contribution < -0.4 is 0 Å². The third kappa shape index (κ3) is 0.902. The van der Waals surface area contributed by atoms with Crippen LogP contribution >= 0.6 is 34.9 Å². The first-order valence-electron chi connectivity index (χ1n) is 2.69. The van der Waals surface area contributed by atoms with E-state index in [0.29, 0.717) is 0 Å². The third-order valence-electron chi connectivity index (χ3n) is 1.14. The van der Waals surface area contributed by atoms with Crippen molar-refractivity contribution in [2.24, 2.45) is 7.05 Å². The lowest BCUT2D eigenvalue weighted by molar-refractivity contribution is 0.782. The number of aromatic nitrogens is 2. The van der Waals surface area contributed by atoms with Crippen LogP contribution in [0.2, 0.25) is 0 Å². The molecule has 0 aromatic carbocycles. The Morgan fingerprint density at radius 3 is 3.10 bits per heavy atom. The Morgan fingerprint density at radius 2 is 2.40 bits per heavy atom. The van der Waals surface area contributed by atoms with E-state index in [1.54, 1.807) is 22.7 Å². The van der Waals surface area contributed by atoms with Crippen molar-refractivity contribution in [2.75, 3.05) is 0 Å². The fourth-order valence-corrected chi connectivity index (χ4v) is 3.20. The van der Waals surface area contributed by atoms with Crippen LogP contribution in [0.1, 0.15) is 0 Å². The Bertz CT molecular complexity index is 373. The molecule has 0 aliphatic heterocycles. The average Bonchev–Trinajstić information content (AvgIpc) is 2.21. The fourth-order valence-electron chi connectivity index (χ4n) is 0.777. The first-order valence-corrected chi connectivity index (χ1v) is 4.73. The summed E-state index contributed by atoms with van der Waals surface area (Å²) in [5.74, 6) is 0. The van der Waals surface area contributed by atoms with Gasteiger partial charge in [-0.1, -0.05) is 23.6 Å². The van der Waals surface area contributed by atoms with Crippen LogP contribution in [0, 0.1) is 3.14 Å². The second kappa shape index (κ2) is 2.11. The Balaban J connectivity index is 2.95. The summed E-state index contributed by atoms with van der Waals surface area (Å²) in [5.41, 5.74) is 0. The largest absolute Gasteiger partial charge is 0.273 e. The SMILES string of the molecule is Cn1cc2sc(=S)sc2n1. The molecule has 2 aromatic rings. The van der Waals surface area contributed by atoms with E-state index in [-0.39, 0.29) is 0 Å². The van der Waals surface area contributed by atoms with Gasteiger partial charge in [0.25, 0.3) is 0 Å². The van der Waals surface area contributed by atoms with E-state index >= 15 is 0 Å². The topological polar surface area (TPSA) is 17.8 Å². The molecule has 0 fully saturated rings. The van der Waals surface area contributed by atoms with Crippen molar-refractivity contribution in [1.82, 2.24) is 9.78 Å². The summed E-state index contributed by atoms with van der Waals surface area (Å²) in [6.07, 6.45) is 1.99. The lowest BCUT2D eigenvalue weighted by Gasteiger charge is -1.79. The molecule has 0 atom stereocenters. The molecule has 0 bridgehead atoms. The number of aryl methyl sites for hydroxylation is 1. The van der Waals surface area contributed by atoms with Gasteiger partial charge in [0, 0.05) is 13.2 Å². The maximum atomic E-state index is 5.00. The van der Waals surface area contributed by atoms with E-state index < -0.39 is 0 Å². The standard InChI is InChI=1S/C5H4N2S3/c1-7-2-3-4(6-7)10-5(8)9-3/h2H,1H3. The highest BCUT2D eigenvalue weighted by Crippen LogP contribution is 2.25. The van der Waals surface area contributed by atoms with E-state index in [4.69, 9.17) is 12.2 Å². The molecule has 0 saturated carbocycles. The van der Waals surface area contributed by atoms with Gasteiger partial charge in [0.05, 0.1) is 4.70 Å². The number of rotatable bonds is 0. The fraction of sp³-hybridized carbons (Fsp3) is 0.200. The van der Waals surface area contributed by atoms with Crippen LogP contribution in [0.4, 0.5) is 0 Å². The van der Waals surface area contributed by atoms with Gasteiger partial charge in [0.15, 0.2) is 4.83 Å². The molecule has 0 radical (unpaired) electrons. The number of nitrogens with zero attached hydrogens (tertiary/aromatic N) is 2. The third-order valence-corrected chi connectivity index (χ3v) is 3.61. The molecule has 5 heteroatoms. The minimum absolute atomic E-state index is 0.957. The summed E-state index contributed by atoms with van der Waals surface area (Å²) < 4.78 is 3.96. The molecule has 2 heterocycles. The molecule has 0 aliphatic carbocycles.